The molecule has 2 aliphatic heterocycles. The Bertz CT molecular complexity index is 512. The van der Waals surface area contributed by atoms with Crippen molar-refractivity contribution in [2.75, 3.05) is 19.8 Å². The molecule has 0 amide bonds. The van der Waals surface area contributed by atoms with Gasteiger partial charge in [-0.05, 0) is 42.9 Å². The zero-order valence-corrected chi connectivity index (χ0v) is 19.6. The smallest absolute Gasteiger partial charge is 0.181 e. The number of aliphatic hydroxyl groups excluding tert-OH is 3. The highest BCUT2D eigenvalue weighted by atomic mass is 16.5. The van der Waals surface area contributed by atoms with Gasteiger partial charge in [0.1, 0.15) is 12.7 Å². The van der Waals surface area contributed by atoms with E-state index in [1.165, 1.54) is 6.42 Å². The van der Waals surface area contributed by atoms with Crippen molar-refractivity contribution >= 4 is 0 Å². The van der Waals surface area contributed by atoms with Gasteiger partial charge in [0, 0.05) is 30.6 Å². The summed E-state index contributed by atoms with van der Waals surface area (Å²) in [5, 5.41) is 32.5. The average molecular weight is 428 g/mol. The Balaban J connectivity index is 1.55. The Morgan fingerprint density at radius 1 is 0.800 bits per heavy atom. The largest absolute Gasteiger partial charge is 0.429 e. The summed E-state index contributed by atoms with van der Waals surface area (Å²) in [4.78, 5) is 0. The topological polar surface area (TPSA) is 82.7 Å². The third-order valence-electron chi connectivity index (χ3n) is 8.61. The van der Waals surface area contributed by atoms with Gasteiger partial charge in [0.2, 0.25) is 0 Å². The van der Waals surface area contributed by atoms with Gasteiger partial charge >= 0.3 is 0 Å². The summed E-state index contributed by atoms with van der Waals surface area (Å²) in [6, 6.07) is 0. The highest BCUT2D eigenvalue weighted by molar-refractivity contribution is 4.90. The Morgan fingerprint density at radius 2 is 1.50 bits per heavy atom. The van der Waals surface area contributed by atoms with E-state index in [9.17, 15) is 15.3 Å². The van der Waals surface area contributed by atoms with Crippen LogP contribution < -0.4 is 0 Å². The number of aliphatic hydroxyl groups is 5. The summed E-state index contributed by atoms with van der Waals surface area (Å²) in [5.74, 6) is 2.03. The molecule has 0 aromatic heterocycles. The molecule has 0 aromatic rings. The molecular weight excluding hydrogens is 380 g/mol. The van der Waals surface area contributed by atoms with E-state index in [-0.39, 0.29) is 42.2 Å². The van der Waals surface area contributed by atoms with Crippen molar-refractivity contribution in [3.8, 4) is 0 Å². The van der Waals surface area contributed by atoms with Crippen LogP contribution in [-0.4, -0.2) is 64.3 Å². The molecule has 176 valence electrons. The maximum atomic E-state index is 11.2. The molecule has 10 unspecified atom stereocenters. The lowest BCUT2D eigenvalue weighted by atomic mass is 9.71. The van der Waals surface area contributed by atoms with E-state index in [0.717, 1.165) is 45.1 Å². The second kappa shape index (κ2) is 11.1. The molecule has 3 rings (SSSR count). The van der Waals surface area contributed by atoms with E-state index >= 15 is 0 Å². The summed E-state index contributed by atoms with van der Waals surface area (Å²) in [6.45, 7) is 10.8. The molecule has 3 aliphatic rings. The van der Waals surface area contributed by atoms with Gasteiger partial charge in [-0.15, -0.1) is 0 Å². The van der Waals surface area contributed by atoms with Crippen molar-refractivity contribution in [1.82, 2.24) is 0 Å². The fraction of sp³-hybridized carbons (Fsp3) is 1.00. The minimum atomic E-state index is -0.376. The van der Waals surface area contributed by atoms with Gasteiger partial charge in [0.05, 0.1) is 25.4 Å². The molecule has 5 heteroatoms. The van der Waals surface area contributed by atoms with Crippen LogP contribution in [-0.2, 0) is 4.74 Å². The van der Waals surface area contributed by atoms with Crippen LogP contribution in [0.15, 0.2) is 0 Å². The van der Waals surface area contributed by atoms with Crippen LogP contribution in [0.25, 0.3) is 0 Å². The first-order chi connectivity index (χ1) is 14.3. The van der Waals surface area contributed by atoms with Crippen molar-refractivity contribution in [3.05, 3.63) is 0 Å². The Hall–Kier alpha value is -0.200. The molecule has 0 aromatic carbocycles. The van der Waals surface area contributed by atoms with Crippen molar-refractivity contribution in [2.24, 2.45) is 41.4 Å². The third kappa shape index (κ3) is 5.78. The number of rotatable bonds is 7. The second-order valence-corrected chi connectivity index (χ2v) is 11.1. The summed E-state index contributed by atoms with van der Waals surface area (Å²) >= 11 is 0. The monoisotopic (exact) mass is 427 g/mol. The Morgan fingerprint density at radius 3 is 2.20 bits per heavy atom. The fourth-order valence-electron chi connectivity index (χ4n) is 6.52. The van der Waals surface area contributed by atoms with Crippen molar-refractivity contribution in [2.45, 2.75) is 97.1 Å². The summed E-state index contributed by atoms with van der Waals surface area (Å²) in [5.41, 5.74) is 0. The quantitative estimate of drug-likeness (QED) is 0.545. The lowest BCUT2D eigenvalue weighted by Crippen LogP contribution is -2.49. The summed E-state index contributed by atoms with van der Waals surface area (Å²) in [6.07, 6.45) is 6.12. The molecule has 30 heavy (non-hydrogen) atoms. The van der Waals surface area contributed by atoms with E-state index in [1.807, 2.05) is 0 Å². The zero-order valence-electron chi connectivity index (χ0n) is 19.6. The predicted molar refractivity (Wildman–Crippen MR) is 119 cm³/mol. The number of hydrogen-bond donors (Lipinski definition) is 3. The molecule has 4 N–H and O–H groups in total. The molecule has 2 heterocycles. The van der Waals surface area contributed by atoms with Gasteiger partial charge in [0.15, 0.2) is 6.10 Å². The van der Waals surface area contributed by atoms with Gasteiger partial charge in [0.25, 0.3) is 0 Å². The van der Waals surface area contributed by atoms with Crippen molar-refractivity contribution in [1.29, 1.82) is 0 Å². The average Bonchev–Trinajstić information content (AvgIpc) is 2.71. The summed E-state index contributed by atoms with van der Waals surface area (Å²) < 4.78 is 10.7. The third-order valence-corrected chi connectivity index (χ3v) is 8.61. The lowest BCUT2D eigenvalue weighted by Gasteiger charge is -2.42. The van der Waals surface area contributed by atoms with Crippen molar-refractivity contribution < 1.29 is 24.8 Å². The van der Waals surface area contributed by atoms with E-state index in [0.29, 0.717) is 36.9 Å². The van der Waals surface area contributed by atoms with E-state index < -0.39 is 0 Å². The second-order valence-electron chi connectivity index (χ2n) is 11.1. The molecule has 0 spiro atoms. The minimum absolute atomic E-state index is 0.0231. The lowest BCUT2D eigenvalue weighted by molar-refractivity contribution is -0.217. The number of ether oxygens (including phenoxy) is 2. The fourth-order valence-corrected chi connectivity index (χ4v) is 6.52. The van der Waals surface area contributed by atoms with E-state index in [4.69, 9.17) is 9.47 Å². The Labute approximate surface area is 183 Å². The summed E-state index contributed by atoms with van der Waals surface area (Å²) in [7, 11) is 0. The van der Waals surface area contributed by atoms with Crippen molar-refractivity contribution in [3.63, 3.8) is 0 Å². The molecule has 2 saturated heterocycles. The van der Waals surface area contributed by atoms with Crippen LogP contribution >= 0.6 is 0 Å². The molecular formula is C25H47O5+. The van der Waals surface area contributed by atoms with Gasteiger partial charge in [-0.3, -0.25) is 0 Å². The standard InChI is InChI=1S/C25H46O5/c1-15(2)19-9-10-30-23(25(19)28)12-17(4)21-14-29-13-18(24(21)27)11-16(3)20-7-5-6-8-22(20)26/h15-28H,5-14H2,1-4H3/p+1. The molecule has 0 bridgehead atoms. The van der Waals surface area contributed by atoms with Crippen LogP contribution in [0.5, 0.6) is 0 Å². The van der Waals surface area contributed by atoms with Crippen LogP contribution in [0.3, 0.4) is 0 Å². The first kappa shape index (κ1) is 24.4. The molecule has 1 saturated carbocycles. The highest BCUT2D eigenvalue weighted by Gasteiger charge is 2.43. The van der Waals surface area contributed by atoms with E-state index in [2.05, 4.69) is 27.7 Å². The normalized spacial score (nSPS) is 42.8. The van der Waals surface area contributed by atoms with Crippen LogP contribution in [0.1, 0.15) is 72.6 Å². The predicted octanol–water partition coefficient (Wildman–Crippen LogP) is 3.15. The minimum Gasteiger partial charge on any atom is -0.429 e. The Kier molecular flexibility index (Phi) is 9.04. The molecule has 1 aliphatic carbocycles. The zero-order chi connectivity index (χ0) is 21.8. The van der Waals surface area contributed by atoms with Gasteiger partial charge < -0.3 is 24.8 Å². The SMILES string of the molecule is CC(C)C1CC[OH+]C(CC(C)C2COCC(CC(C)C3CCCCC3O)C2O)C1O. The maximum Gasteiger partial charge on any atom is 0.181 e. The van der Waals surface area contributed by atoms with Crippen LogP contribution in [0.4, 0.5) is 0 Å². The van der Waals surface area contributed by atoms with Gasteiger partial charge in [-0.25, -0.2) is 0 Å². The first-order valence-electron chi connectivity index (χ1n) is 12.6. The molecule has 5 nitrogen and oxygen atoms in total. The van der Waals surface area contributed by atoms with Gasteiger partial charge in [-0.2, -0.15) is 0 Å². The van der Waals surface area contributed by atoms with Gasteiger partial charge in [-0.1, -0.05) is 40.5 Å². The maximum absolute atomic E-state index is 11.2. The molecule has 3 fully saturated rings. The molecule has 0 radical (unpaired) electrons. The van der Waals surface area contributed by atoms with Crippen LogP contribution in [0, 0.1) is 41.4 Å². The number of hydrogen-bond acceptors (Lipinski definition) is 4. The van der Waals surface area contributed by atoms with Crippen LogP contribution in [0.2, 0.25) is 0 Å². The first-order valence-corrected chi connectivity index (χ1v) is 12.6. The molecule has 10 atom stereocenters. The van der Waals surface area contributed by atoms with E-state index in [1.54, 1.807) is 0 Å². The highest BCUT2D eigenvalue weighted by Crippen LogP contribution is 2.38.